The van der Waals surface area contributed by atoms with Gasteiger partial charge < -0.3 is 25.1 Å². The molecule has 5 nitrogen and oxygen atoms in total. The quantitative estimate of drug-likeness (QED) is 0.839. The van der Waals surface area contributed by atoms with Crippen molar-refractivity contribution in [3.05, 3.63) is 17.7 Å². The number of benzene rings is 1. The van der Waals surface area contributed by atoms with Crippen LogP contribution < -0.4 is 19.9 Å². The monoisotopic (exact) mass is 303 g/mol. The van der Waals surface area contributed by atoms with Crippen LogP contribution in [0, 0.1) is 5.92 Å². The number of nitrogens with two attached hydrogens (primary N) is 1. The molecule has 1 fully saturated rings. The Morgan fingerprint density at radius 1 is 1.10 bits per heavy atom. The van der Waals surface area contributed by atoms with Crippen LogP contribution in [-0.4, -0.2) is 32.5 Å². The zero-order valence-corrected chi connectivity index (χ0v) is 12.8. The van der Waals surface area contributed by atoms with Crippen molar-refractivity contribution >= 4 is 12.4 Å². The molecule has 0 heterocycles. The van der Waals surface area contributed by atoms with Crippen LogP contribution in [0.2, 0.25) is 0 Å². The Morgan fingerprint density at radius 2 is 1.60 bits per heavy atom. The van der Waals surface area contributed by atoms with Gasteiger partial charge in [-0.15, -0.1) is 12.4 Å². The Labute approximate surface area is 125 Å². The normalized spacial score (nSPS) is 16.9. The van der Waals surface area contributed by atoms with E-state index in [-0.39, 0.29) is 18.3 Å². The maximum absolute atomic E-state index is 10.2. The maximum atomic E-state index is 10.2. The first-order valence-corrected chi connectivity index (χ1v) is 6.36. The lowest BCUT2D eigenvalue weighted by atomic mass is 9.97. The van der Waals surface area contributed by atoms with Crippen LogP contribution in [0.4, 0.5) is 0 Å². The minimum absolute atomic E-state index is 0. The number of rotatable bonds is 6. The molecule has 0 bridgehead atoms. The van der Waals surface area contributed by atoms with Crippen molar-refractivity contribution in [2.24, 2.45) is 11.7 Å². The second-order valence-corrected chi connectivity index (χ2v) is 4.80. The van der Waals surface area contributed by atoms with Gasteiger partial charge in [-0.3, -0.25) is 0 Å². The van der Waals surface area contributed by atoms with Crippen LogP contribution in [0.1, 0.15) is 24.4 Å². The van der Waals surface area contributed by atoms with E-state index in [0.29, 0.717) is 22.8 Å². The molecule has 2 atom stereocenters. The highest BCUT2D eigenvalue weighted by Gasteiger charge is 2.36. The third kappa shape index (κ3) is 3.29. The van der Waals surface area contributed by atoms with E-state index < -0.39 is 12.1 Å². The second-order valence-electron chi connectivity index (χ2n) is 4.80. The fraction of sp³-hybridized carbons (Fsp3) is 0.571. The van der Waals surface area contributed by atoms with E-state index >= 15 is 0 Å². The summed E-state index contributed by atoms with van der Waals surface area (Å²) in [4.78, 5) is 0. The predicted octanol–water partition coefficient (Wildman–Crippen LogP) is 1.90. The molecule has 0 aliphatic heterocycles. The van der Waals surface area contributed by atoms with Crippen LogP contribution in [0.25, 0.3) is 0 Å². The summed E-state index contributed by atoms with van der Waals surface area (Å²) in [7, 11) is 4.70. The van der Waals surface area contributed by atoms with Crippen molar-refractivity contribution in [2.45, 2.75) is 25.0 Å². The summed E-state index contributed by atoms with van der Waals surface area (Å²) in [5.74, 6) is 2.06. The van der Waals surface area contributed by atoms with E-state index in [1.807, 2.05) is 0 Å². The van der Waals surface area contributed by atoms with Gasteiger partial charge in [-0.1, -0.05) is 0 Å². The fourth-order valence-corrected chi connectivity index (χ4v) is 2.26. The molecule has 1 aromatic carbocycles. The molecule has 1 saturated carbocycles. The Hall–Kier alpha value is -1.17. The molecular formula is C14H22ClNO4. The summed E-state index contributed by atoms with van der Waals surface area (Å²) >= 11 is 0. The molecule has 114 valence electrons. The van der Waals surface area contributed by atoms with Crippen LogP contribution in [0.5, 0.6) is 17.2 Å². The van der Waals surface area contributed by atoms with Gasteiger partial charge in [-0.25, -0.2) is 0 Å². The lowest BCUT2D eigenvalue weighted by molar-refractivity contribution is 0.120. The van der Waals surface area contributed by atoms with Gasteiger partial charge in [-0.05, 0) is 18.8 Å². The van der Waals surface area contributed by atoms with E-state index in [4.69, 9.17) is 19.9 Å². The Kier molecular flexibility index (Phi) is 5.92. The van der Waals surface area contributed by atoms with E-state index in [9.17, 15) is 5.11 Å². The summed E-state index contributed by atoms with van der Waals surface area (Å²) in [6.45, 7) is 0. The maximum Gasteiger partial charge on any atom is 0.131 e. The molecule has 1 aliphatic carbocycles. The van der Waals surface area contributed by atoms with E-state index in [1.165, 1.54) is 0 Å². The Morgan fingerprint density at radius 3 is 1.95 bits per heavy atom. The minimum Gasteiger partial charge on any atom is -0.496 e. The van der Waals surface area contributed by atoms with Crippen molar-refractivity contribution < 1.29 is 19.3 Å². The minimum atomic E-state index is -0.573. The molecule has 0 unspecified atom stereocenters. The fourth-order valence-electron chi connectivity index (χ4n) is 2.26. The number of hydrogen-bond acceptors (Lipinski definition) is 5. The first kappa shape index (κ1) is 16.9. The second kappa shape index (κ2) is 7.02. The zero-order chi connectivity index (χ0) is 14.0. The summed E-state index contributed by atoms with van der Waals surface area (Å²) in [6, 6.07) is 2.97. The molecule has 0 amide bonds. The molecule has 0 spiro atoms. The van der Waals surface area contributed by atoms with Gasteiger partial charge in [0.25, 0.3) is 0 Å². The number of ether oxygens (including phenoxy) is 3. The highest BCUT2D eigenvalue weighted by molar-refractivity contribution is 5.85. The average Bonchev–Trinajstić information content (AvgIpc) is 3.28. The van der Waals surface area contributed by atoms with Crippen LogP contribution in [0.15, 0.2) is 12.1 Å². The SMILES string of the molecule is COc1cc(OC)c([C@H](N)[C@H](O)C2CC2)c(OC)c1.Cl. The topological polar surface area (TPSA) is 73.9 Å². The summed E-state index contributed by atoms with van der Waals surface area (Å²) in [5, 5.41) is 10.2. The highest BCUT2D eigenvalue weighted by atomic mass is 35.5. The third-order valence-electron chi connectivity index (χ3n) is 3.56. The average molecular weight is 304 g/mol. The molecule has 2 rings (SSSR count). The Bertz CT molecular complexity index is 426. The van der Waals surface area contributed by atoms with Gasteiger partial charge in [0.15, 0.2) is 0 Å². The first-order chi connectivity index (χ1) is 9.12. The molecule has 3 N–H and O–H groups in total. The van der Waals surface area contributed by atoms with Crippen molar-refractivity contribution in [2.75, 3.05) is 21.3 Å². The molecule has 6 heteroatoms. The lowest BCUT2D eigenvalue weighted by Gasteiger charge is -2.23. The zero-order valence-electron chi connectivity index (χ0n) is 12.0. The van der Waals surface area contributed by atoms with Crippen molar-refractivity contribution in [1.82, 2.24) is 0 Å². The van der Waals surface area contributed by atoms with Crippen molar-refractivity contribution in [3.63, 3.8) is 0 Å². The molecular weight excluding hydrogens is 282 g/mol. The van der Waals surface area contributed by atoms with Crippen LogP contribution >= 0.6 is 12.4 Å². The van der Waals surface area contributed by atoms with Gasteiger partial charge in [0.05, 0.1) is 39.0 Å². The van der Waals surface area contributed by atoms with Gasteiger partial charge in [0.1, 0.15) is 17.2 Å². The van der Waals surface area contributed by atoms with Gasteiger partial charge in [-0.2, -0.15) is 0 Å². The predicted molar refractivity (Wildman–Crippen MR) is 79.0 cm³/mol. The van der Waals surface area contributed by atoms with Crippen LogP contribution in [0.3, 0.4) is 0 Å². The largest absolute Gasteiger partial charge is 0.496 e. The molecule has 20 heavy (non-hydrogen) atoms. The van der Waals surface area contributed by atoms with Gasteiger partial charge >= 0.3 is 0 Å². The lowest BCUT2D eigenvalue weighted by Crippen LogP contribution is -2.28. The molecule has 1 aliphatic rings. The highest BCUT2D eigenvalue weighted by Crippen LogP contribution is 2.43. The summed E-state index contributed by atoms with van der Waals surface area (Å²) in [6.07, 6.45) is 1.47. The van der Waals surface area contributed by atoms with E-state index in [2.05, 4.69) is 0 Å². The number of aliphatic hydroxyl groups is 1. The molecule has 0 saturated heterocycles. The first-order valence-electron chi connectivity index (χ1n) is 6.36. The van der Waals surface area contributed by atoms with Gasteiger partial charge in [0, 0.05) is 12.1 Å². The summed E-state index contributed by atoms with van der Waals surface area (Å²) < 4.78 is 15.9. The number of aliphatic hydroxyl groups excluding tert-OH is 1. The smallest absolute Gasteiger partial charge is 0.131 e. The molecule has 0 radical (unpaired) electrons. The number of methoxy groups -OCH3 is 3. The number of halogens is 1. The van der Waals surface area contributed by atoms with Crippen molar-refractivity contribution in [1.29, 1.82) is 0 Å². The van der Waals surface area contributed by atoms with Crippen molar-refractivity contribution in [3.8, 4) is 17.2 Å². The third-order valence-corrected chi connectivity index (χ3v) is 3.56. The van der Waals surface area contributed by atoms with Gasteiger partial charge in [0.2, 0.25) is 0 Å². The van der Waals surface area contributed by atoms with Crippen LogP contribution in [-0.2, 0) is 0 Å². The standard InChI is InChI=1S/C14H21NO4.ClH/c1-17-9-6-10(18-2)12(11(7-9)19-3)13(15)14(16)8-4-5-8;/h6-8,13-14,16H,4-5,15H2,1-3H3;1H/t13-,14+;/m0./s1. The molecule has 1 aromatic rings. The number of hydrogen-bond donors (Lipinski definition) is 2. The Balaban J connectivity index is 0.00000200. The summed E-state index contributed by atoms with van der Waals surface area (Å²) in [5.41, 5.74) is 6.86. The van der Waals surface area contributed by atoms with E-state index in [1.54, 1.807) is 33.5 Å². The molecule has 0 aromatic heterocycles. The van der Waals surface area contributed by atoms with E-state index in [0.717, 1.165) is 12.8 Å².